The molecule has 6 heteroatoms. The minimum Gasteiger partial charge on any atom is -0.204 e. The maximum atomic E-state index is 11.7. The zero-order valence-corrected chi connectivity index (χ0v) is 6.56. The molecule has 0 saturated heterocycles. The second-order valence-corrected chi connectivity index (χ2v) is 2.08. The molecule has 0 amide bonds. The van der Waals surface area contributed by atoms with Gasteiger partial charge in [0, 0.05) is 0 Å². The number of nitrogens with zero attached hydrogens (tertiary/aromatic N) is 2. The lowest BCUT2D eigenvalue weighted by molar-refractivity contribution is 0.222. The van der Waals surface area contributed by atoms with Crippen molar-refractivity contribution in [2.24, 2.45) is 10.2 Å². The molecule has 0 atom stereocenters. The first kappa shape index (κ1) is 11.1. The van der Waals surface area contributed by atoms with E-state index in [-0.39, 0.29) is 0 Å². The van der Waals surface area contributed by atoms with Crippen LogP contribution < -0.4 is 0 Å². The van der Waals surface area contributed by atoms with Gasteiger partial charge in [-0.25, -0.2) is 17.6 Å². The van der Waals surface area contributed by atoms with Crippen LogP contribution in [-0.2, 0) is 0 Å². The maximum Gasteiger partial charge on any atom is 0.278 e. The van der Waals surface area contributed by atoms with E-state index >= 15 is 0 Å². The molecule has 0 aromatic heterocycles. The summed E-state index contributed by atoms with van der Waals surface area (Å²) in [5.41, 5.74) is -1.15. The summed E-state index contributed by atoms with van der Waals surface area (Å²) in [7, 11) is 0. The van der Waals surface area contributed by atoms with Gasteiger partial charge in [-0.3, -0.25) is 0 Å². The summed E-state index contributed by atoms with van der Waals surface area (Å²) in [4.78, 5) is 0. The Morgan fingerprint density at radius 1 is 0.833 bits per heavy atom. The minimum absolute atomic E-state index is 0.574. The highest BCUT2D eigenvalue weighted by Crippen LogP contribution is 1.99. The second kappa shape index (κ2) is 4.84. The third kappa shape index (κ3) is 4.05. The maximum absolute atomic E-state index is 11.7. The van der Waals surface area contributed by atoms with Crippen molar-refractivity contribution < 1.29 is 17.6 Å². The van der Waals surface area contributed by atoms with Gasteiger partial charge in [-0.05, 0) is 13.8 Å². The fourth-order valence-corrected chi connectivity index (χ4v) is 0.245. The van der Waals surface area contributed by atoms with Gasteiger partial charge in [-0.1, -0.05) is 0 Å². The summed E-state index contributed by atoms with van der Waals surface area (Å²) in [6.45, 7) is 2.04. The predicted octanol–water partition coefficient (Wildman–Crippen LogP) is 2.35. The van der Waals surface area contributed by atoms with Gasteiger partial charge in [-0.15, -0.1) is 0 Å². The van der Waals surface area contributed by atoms with Gasteiger partial charge in [0.25, 0.3) is 12.9 Å². The first-order valence-electron chi connectivity index (χ1n) is 3.10. The van der Waals surface area contributed by atoms with Crippen molar-refractivity contribution in [3.8, 4) is 0 Å². The lowest BCUT2D eigenvalue weighted by Gasteiger charge is -1.95. The van der Waals surface area contributed by atoms with Gasteiger partial charge < -0.3 is 0 Å². The fraction of sp³-hybridized carbons (Fsp3) is 0.667. The molecule has 70 valence electrons. The van der Waals surface area contributed by atoms with Crippen LogP contribution in [0.25, 0.3) is 0 Å². The molecule has 0 spiro atoms. The molecule has 0 radical (unpaired) electrons. The van der Waals surface area contributed by atoms with Gasteiger partial charge in [0.1, 0.15) is 11.4 Å². The van der Waals surface area contributed by atoms with E-state index in [0.717, 1.165) is 13.8 Å². The lowest BCUT2D eigenvalue weighted by Crippen LogP contribution is -2.07. The molecule has 12 heavy (non-hydrogen) atoms. The largest absolute Gasteiger partial charge is 0.278 e. The summed E-state index contributed by atoms with van der Waals surface area (Å²) >= 11 is 0. The monoisotopic (exact) mass is 184 g/mol. The lowest BCUT2D eigenvalue weighted by atomic mass is 10.4. The normalized spacial score (nSPS) is 14.7. The molecule has 0 aliphatic rings. The van der Waals surface area contributed by atoms with E-state index in [2.05, 4.69) is 10.2 Å². The molecule has 0 bridgehead atoms. The van der Waals surface area contributed by atoms with Crippen molar-refractivity contribution in [3.63, 3.8) is 0 Å². The van der Waals surface area contributed by atoms with E-state index in [4.69, 9.17) is 0 Å². The van der Waals surface area contributed by atoms with Crippen LogP contribution in [0.15, 0.2) is 10.2 Å². The van der Waals surface area contributed by atoms with Gasteiger partial charge in [0.15, 0.2) is 0 Å². The highest BCUT2D eigenvalue weighted by atomic mass is 19.3. The number of rotatable bonds is 3. The Morgan fingerprint density at radius 3 is 1.25 bits per heavy atom. The first-order chi connectivity index (χ1) is 5.45. The molecule has 0 N–H and O–H groups in total. The number of halogens is 4. The summed E-state index contributed by atoms with van der Waals surface area (Å²) in [6, 6.07) is 0. The molecule has 0 unspecified atom stereocenters. The van der Waals surface area contributed by atoms with Gasteiger partial charge in [0.05, 0.1) is 0 Å². The predicted molar refractivity (Wildman–Crippen MR) is 38.2 cm³/mol. The molecule has 0 aromatic rings. The smallest absolute Gasteiger partial charge is 0.204 e. The minimum atomic E-state index is -2.75. The van der Waals surface area contributed by atoms with E-state index < -0.39 is 24.3 Å². The van der Waals surface area contributed by atoms with Crippen LogP contribution in [0.2, 0.25) is 0 Å². The summed E-state index contributed by atoms with van der Waals surface area (Å²) in [6.07, 6.45) is -5.50. The van der Waals surface area contributed by atoms with Gasteiger partial charge in [0.2, 0.25) is 0 Å². The zero-order valence-electron chi connectivity index (χ0n) is 6.56. The van der Waals surface area contributed by atoms with Crippen LogP contribution >= 0.6 is 0 Å². The van der Waals surface area contributed by atoms with Crippen LogP contribution in [0.1, 0.15) is 13.8 Å². The van der Waals surface area contributed by atoms with E-state index in [1.165, 1.54) is 0 Å². The quantitative estimate of drug-likeness (QED) is 0.365. The molecule has 0 rings (SSSR count). The topological polar surface area (TPSA) is 24.7 Å². The van der Waals surface area contributed by atoms with Crippen molar-refractivity contribution in [1.82, 2.24) is 0 Å². The molecule has 0 fully saturated rings. The molecular weight excluding hydrogens is 176 g/mol. The molecule has 2 nitrogen and oxygen atoms in total. The van der Waals surface area contributed by atoms with Crippen LogP contribution in [-0.4, -0.2) is 24.3 Å². The summed E-state index contributed by atoms with van der Waals surface area (Å²) in [5.74, 6) is 0. The van der Waals surface area contributed by atoms with Crippen molar-refractivity contribution in [3.05, 3.63) is 0 Å². The molecule has 0 heterocycles. The standard InChI is InChI=1S/C6H8F4N2/c1-3(5(7)8)11-12-4(2)6(9)10/h5-6H,1-2H3. The third-order valence-electron chi connectivity index (χ3n) is 0.997. The highest BCUT2D eigenvalue weighted by Gasteiger charge is 2.08. The highest BCUT2D eigenvalue weighted by molar-refractivity contribution is 5.88. The van der Waals surface area contributed by atoms with Gasteiger partial charge >= 0.3 is 0 Å². The molecule has 0 aliphatic carbocycles. The van der Waals surface area contributed by atoms with E-state index in [1.54, 1.807) is 0 Å². The summed E-state index contributed by atoms with van der Waals surface area (Å²) < 4.78 is 46.8. The van der Waals surface area contributed by atoms with E-state index in [0.29, 0.717) is 0 Å². The molecular formula is C6H8F4N2. The first-order valence-corrected chi connectivity index (χ1v) is 3.10. The Balaban J connectivity index is 4.27. The number of hydrogen-bond acceptors (Lipinski definition) is 2. The zero-order chi connectivity index (χ0) is 9.72. The van der Waals surface area contributed by atoms with Crippen LogP contribution in [0.3, 0.4) is 0 Å². The SMILES string of the molecule is CC(=NN=C(C)C(F)F)C(F)F. The summed E-state index contributed by atoms with van der Waals surface area (Å²) in [5, 5.41) is 5.84. The van der Waals surface area contributed by atoms with Crippen molar-refractivity contribution in [2.45, 2.75) is 26.7 Å². The Labute approximate surface area is 67.0 Å². The van der Waals surface area contributed by atoms with E-state index in [9.17, 15) is 17.6 Å². The Bertz CT molecular complexity index is 176. The van der Waals surface area contributed by atoms with E-state index in [1.807, 2.05) is 0 Å². The Morgan fingerprint density at radius 2 is 1.08 bits per heavy atom. The third-order valence-corrected chi connectivity index (χ3v) is 0.997. The Kier molecular flexibility index (Phi) is 4.46. The number of alkyl halides is 4. The van der Waals surface area contributed by atoms with Crippen LogP contribution in [0.4, 0.5) is 17.6 Å². The number of hydrogen-bond donors (Lipinski definition) is 0. The van der Waals surface area contributed by atoms with Gasteiger partial charge in [-0.2, -0.15) is 10.2 Å². The van der Waals surface area contributed by atoms with Crippen LogP contribution in [0.5, 0.6) is 0 Å². The van der Waals surface area contributed by atoms with Crippen molar-refractivity contribution in [2.75, 3.05) is 0 Å². The fourth-order valence-electron chi connectivity index (χ4n) is 0.245. The molecule has 0 saturated carbocycles. The van der Waals surface area contributed by atoms with Crippen molar-refractivity contribution >= 4 is 11.4 Å². The average molecular weight is 184 g/mol. The van der Waals surface area contributed by atoms with Crippen molar-refractivity contribution in [1.29, 1.82) is 0 Å². The molecule has 0 aliphatic heterocycles. The average Bonchev–Trinajstić information content (AvgIpc) is 1.98. The van der Waals surface area contributed by atoms with Crippen LogP contribution in [0, 0.1) is 0 Å². The second-order valence-electron chi connectivity index (χ2n) is 2.08. The molecule has 0 aromatic carbocycles. The Hall–Kier alpha value is -0.940.